The number of fused-ring (bicyclic) bond motifs is 1. The van der Waals surface area contributed by atoms with Gasteiger partial charge in [-0.1, -0.05) is 45.4 Å². The zero-order valence-corrected chi connectivity index (χ0v) is 13.3. The molecular formula is C18H26O4. The lowest BCUT2D eigenvalue weighted by Crippen LogP contribution is -2.27. The lowest BCUT2D eigenvalue weighted by atomic mass is 9.94. The number of benzene rings is 1. The first kappa shape index (κ1) is 16.7. The number of aromatic hydroxyl groups is 2. The molecule has 0 spiro atoms. The Bertz CT molecular complexity index is 510. The summed E-state index contributed by atoms with van der Waals surface area (Å²) in [7, 11) is 0. The molecule has 0 bridgehead atoms. The summed E-state index contributed by atoms with van der Waals surface area (Å²) < 4.78 is 5.40. The van der Waals surface area contributed by atoms with Gasteiger partial charge in [0.1, 0.15) is 23.2 Å². The molecule has 0 saturated heterocycles. The largest absolute Gasteiger partial charge is 0.508 e. The smallest absolute Gasteiger partial charge is 0.342 e. The number of hydrogen-bond donors (Lipinski definition) is 2. The Hall–Kier alpha value is -1.71. The fourth-order valence-electron chi connectivity index (χ4n) is 3.05. The zero-order chi connectivity index (χ0) is 15.9. The fourth-order valence-corrected chi connectivity index (χ4v) is 3.05. The Kier molecular flexibility index (Phi) is 6.10. The fraction of sp³-hybridized carbons (Fsp3) is 0.611. The maximum absolute atomic E-state index is 12.0. The lowest BCUT2D eigenvalue weighted by Gasteiger charge is -2.25. The third-order valence-corrected chi connectivity index (χ3v) is 4.24. The van der Waals surface area contributed by atoms with Gasteiger partial charge in [-0.25, -0.2) is 4.79 Å². The van der Waals surface area contributed by atoms with Crippen molar-refractivity contribution in [3.8, 4) is 11.5 Å². The van der Waals surface area contributed by atoms with Crippen molar-refractivity contribution in [2.24, 2.45) is 0 Å². The van der Waals surface area contributed by atoms with E-state index in [4.69, 9.17) is 4.74 Å². The first-order valence-corrected chi connectivity index (χ1v) is 8.37. The average Bonchev–Trinajstić information content (AvgIpc) is 2.45. The average molecular weight is 306 g/mol. The van der Waals surface area contributed by atoms with Crippen molar-refractivity contribution in [1.29, 1.82) is 0 Å². The van der Waals surface area contributed by atoms with Crippen molar-refractivity contribution in [3.05, 3.63) is 23.3 Å². The number of ether oxygens (including phenoxy) is 1. The van der Waals surface area contributed by atoms with E-state index in [1.807, 2.05) is 0 Å². The minimum Gasteiger partial charge on any atom is -0.508 e. The van der Waals surface area contributed by atoms with Crippen LogP contribution in [0.2, 0.25) is 0 Å². The predicted octanol–water partition coefficient (Wildman–Crippen LogP) is 4.32. The molecule has 1 aliphatic rings. The van der Waals surface area contributed by atoms with Gasteiger partial charge in [-0.05, 0) is 24.5 Å². The molecule has 2 N–H and O–H groups in total. The molecule has 1 aliphatic heterocycles. The molecule has 22 heavy (non-hydrogen) atoms. The Labute approximate surface area is 132 Å². The minimum atomic E-state index is -0.480. The van der Waals surface area contributed by atoms with Crippen molar-refractivity contribution < 1.29 is 19.7 Å². The van der Waals surface area contributed by atoms with Crippen molar-refractivity contribution in [1.82, 2.24) is 0 Å². The van der Waals surface area contributed by atoms with E-state index >= 15 is 0 Å². The summed E-state index contributed by atoms with van der Waals surface area (Å²) in [4.78, 5) is 12.0. The molecule has 122 valence electrons. The Morgan fingerprint density at radius 3 is 2.50 bits per heavy atom. The molecule has 0 saturated carbocycles. The predicted molar refractivity (Wildman–Crippen MR) is 85.3 cm³/mol. The first-order chi connectivity index (χ1) is 10.6. The van der Waals surface area contributed by atoms with Gasteiger partial charge in [0.05, 0.1) is 0 Å². The van der Waals surface area contributed by atoms with Crippen LogP contribution in [0.1, 0.15) is 74.2 Å². The van der Waals surface area contributed by atoms with Crippen LogP contribution < -0.4 is 0 Å². The molecule has 4 heteroatoms. The van der Waals surface area contributed by atoms with E-state index in [2.05, 4.69) is 6.92 Å². The molecule has 1 atom stereocenters. The molecule has 1 heterocycles. The second kappa shape index (κ2) is 8.06. The van der Waals surface area contributed by atoms with Crippen LogP contribution in [-0.2, 0) is 11.2 Å². The zero-order valence-electron chi connectivity index (χ0n) is 13.3. The summed E-state index contributed by atoms with van der Waals surface area (Å²) in [5.74, 6) is -0.693. The third kappa shape index (κ3) is 4.39. The van der Waals surface area contributed by atoms with Crippen molar-refractivity contribution in [2.75, 3.05) is 0 Å². The number of carbonyl (C=O) groups excluding carboxylic acids is 1. The molecule has 1 aromatic carbocycles. The highest BCUT2D eigenvalue weighted by atomic mass is 16.5. The number of phenolic OH excluding ortho intramolecular Hbond substituents is 2. The highest BCUT2D eigenvalue weighted by Crippen LogP contribution is 2.33. The second-order valence-corrected chi connectivity index (χ2v) is 6.14. The van der Waals surface area contributed by atoms with Gasteiger partial charge in [0.2, 0.25) is 0 Å². The molecule has 0 fully saturated rings. The standard InChI is InChI=1S/C18H26O4/c1-2-3-4-5-6-7-8-9-15-11-13-10-14(19)12-16(20)17(13)18(21)22-15/h10,12,15,19-20H,2-9,11H2,1H3. The van der Waals surface area contributed by atoms with Crippen LogP contribution in [0, 0.1) is 0 Å². The Morgan fingerprint density at radius 2 is 1.77 bits per heavy atom. The molecular weight excluding hydrogens is 280 g/mol. The van der Waals surface area contributed by atoms with Crippen LogP contribution in [0.25, 0.3) is 0 Å². The summed E-state index contributed by atoms with van der Waals surface area (Å²) in [5, 5.41) is 19.3. The van der Waals surface area contributed by atoms with Gasteiger partial charge in [0.25, 0.3) is 0 Å². The van der Waals surface area contributed by atoms with Gasteiger partial charge in [-0.3, -0.25) is 0 Å². The van der Waals surface area contributed by atoms with Gasteiger partial charge < -0.3 is 14.9 Å². The van der Waals surface area contributed by atoms with Gasteiger partial charge in [-0.15, -0.1) is 0 Å². The summed E-state index contributed by atoms with van der Waals surface area (Å²) in [6.07, 6.45) is 9.87. The van der Waals surface area contributed by atoms with Gasteiger partial charge >= 0.3 is 5.97 Å². The number of unbranched alkanes of at least 4 members (excludes halogenated alkanes) is 6. The lowest BCUT2D eigenvalue weighted by molar-refractivity contribution is 0.0227. The molecule has 2 rings (SSSR count). The number of carbonyl (C=O) groups is 1. The van der Waals surface area contributed by atoms with E-state index in [1.165, 1.54) is 38.2 Å². The minimum absolute atomic E-state index is 0.0133. The van der Waals surface area contributed by atoms with Gasteiger partial charge in [0, 0.05) is 12.5 Å². The van der Waals surface area contributed by atoms with Crippen molar-refractivity contribution >= 4 is 5.97 Å². The maximum atomic E-state index is 12.0. The van der Waals surface area contributed by atoms with Crippen LogP contribution in [0.4, 0.5) is 0 Å². The molecule has 4 nitrogen and oxygen atoms in total. The molecule has 0 amide bonds. The van der Waals surface area contributed by atoms with Crippen LogP contribution in [-0.4, -0.2) is 22.3 Å². The van der Waals surface area contributed by atoms with E-state index in [0.717, 1.165) is 19.3 Å². The molecule has 0 aliphatic carbocycles. The number of hydrogen-bond acceptors (Lipinski definition) is 4. The van der Waals surface area contributed by atoms with E-state index < -0.39 is 5.97 Å². The highest BCUT2D eigenvalue weighted by molar-refractivity contribution is 5.95. The Morgan fingerprint density at radius 1 is 1.09 bits per heavy atom. The summed E-state index contributed by atoms with van der Waals surface area (Å²) in [6, 6.07) is 2.73. The monoisotopic (exact) mass is 306 g/mol. The third-order valence-electron chi connectivity index (χ3n) is 4.24. The highest BCUT2D eigenvalue weighted by Gasteiger charge is 2.29. The van der Waals surface area contributed by atoms with Crippen LogP contribution in [0.3, 0.4) is 0 Å². The van der Waals surface area contributed by atoms with Gasteiger partial charge in [-0.2, -0.15) is 0 Å². The topological polar surface area (TPSA) is 66.8 Å². The first-order valence-electron chi connectivity index (χ1n) is 8.37. The number of cyclic esters (lactones) is 1. The maximum Gasteiger partial charge on any atom is 0.342 e. The quantitative estimate of drug-likeness (QED) is 0.554. The second-order valence-electron chi connectivity index (χ2n) is 6.14. The van der Waals surface area contributed by atoms with E-state index in [9.17, 15) is 15.0 Å². The van der Waals surface area contributed by atoms with Crippen molar-refractivity contribution in [2.45, 2.75) is 70.8 Å². The van der Waals surface area contributed by atoms with Crippen LogP contribution in [0.5, 0.6) is 11.5 Å². The van der Waals surface area contributed by atoms with Crippen molar-refractivity contribution in [3.63, 3.8) is 0 Å². The van der Waals surface area contributed by atoms with Gasteiger partial charge in [0.15, 0.2) is 0 Å². The summed E-state index contributed by atoms with van der Waals surface area (Å²) >= 11 is 0. The number of esters is 1. The summed E-state index contributed by atoms with van der Waals surface area (Å²) in [6.45, 7) is 2.21. The molecule has 0 aromatic heterocycles. The van der Waals surface area contributed by atoms with Crippen LogP contribution >= 0.6 is 0 Å². The van der Waals surface area contributed by atoms with E-state index in [-0.39, 0.29) is 23.2 Å². The number of rotatable bonds is 8. The molecule has 1 unspecified atom stereocenters. The normalized spacial score (nSPS) is 17.1. The Balaban J connectivity index is 1.79. The van der Waals surface area contributed by atoms with E-state index in [1.54, 1.807) is 6.07 Å². The SMILES string of the molecule is CCCCCCCCCC1Cc2cc(O)cc(O)c2C(=O)O1. The van der Waals surface area contributed by atoms with E-state index in [0.29, 0.717) is 12.0 Å². The van der Waals surface area contributed by atoms with Crippen LogP contribution in [0.15, 0.2) is 12.1 Å². The molecule has 1 aromatic rings. The summed E-state index contributed by atoms with van der Waals surface area (Å²) in [5.41, 5.74) is 0.885. The molecule has 0 radical (unpaired) electrons. The number of phenols is 2.